The summed E-state index contributed by atoms with van der Waals surface area (Å²) in [6.45, 7) is 12.8. The van der Waals surface area contributed by atoms with Gasteiger partial charge in [0.2, 0.25) is 5.96 Å². The average molecular weight is 535 g/mol. The Hall–Kier alpha value is -4.25. The molecule has 0 spiro atoms. The third-order valence-electron chi connectivity index (χ3n) is 6.18. The maximum Gasteiger partial charge on any atom is 0.256 e. The zero-order valence-electron chi connectivity index (χ0n) is 23.5. The number of methoxy groups -OCH3 is 1. The third-order valence-corrected chi connectivity index (χ3v) is 6.18. The standard InChI is InChI=1S/C28H38N8O3/c1-8-31-20-15-32-27(33-19-11-12-39-16-19)35-24(20)25(30)36(6)21-13-18(10-9-17(21)2)26(37)34-23(29)14-22(38-7)28(3,4)5/h8-10,13-15,19H,1,11-12,16,30H2,2-7H3,(H,33,35)(H2,29,34,37)/b22-14-,25-24-,31-20-. The number of amides is 1. The number of carbonyl (C=O) groups excluding carboxylic acids is 1. The normalized spacial score (nSPS) is 19.8. The summed E-state index contributed by atoms with van der Waals surface area (Å²) >= 11 is 0. The average Bonchev–Trinajstić information content (AvgIpc) is 3.40. The Bertz CT molecular complexity index is 1280. The van der Waals surface area contributed by atoms with Crippen molar-refractivity contribution in [2.75, 3.05) is 32.3 Å². The second kappa shape index (κ2) is 12.5. The first-order chi connectivity index (χ1) is 18.4. The van der Waals surface area contributed by atoms with Gasteiger partial charge in [-0.15, -0.1) is 0 Å². The number of allylic oxidation sites excluding steroid dienone is 2. The molecule has 39 heavy (non-hydrogen) atoms. The molecule has 1 unspecified atom stereocenters. The van der Waals surface area contributed by atoms with E-state index in [1.165, 1.54) is 12.3 Å². The van der Waals surface area contributed by atoms with Crippen LogP contribution in [0.2, 0.25) is 0 Å². The zero-order chi connectivity index (χ0) is 28.7. The molecule has 0 saturated carbocycles. The highest BCUT2D eigenvalue weighted by Gasteiger charge is 2.23. The molecule has 11 nitrogen and oxygen atoms in total. The lowest BCUT2D eigenvalue weighted by molar-refractivity contribution is 0.0977. The predicted molar refractivity (Wildman–Crippen MR) is 156 cm³/mol. The van der Waals surface area contributed by atoms with Gasteiger partial charge in [0, 0.05) is 42.6 Å². The summed E-state index contributed by atoms with van der Waals surface area (Å²) in [5, 5.41) is 14.1. The number of aryl methyl sites for hydroxylation is 1. The molecule has 208 valence electrons. The first-order valence-electron chi connectivity index (χ1n) is 12.6. The van der Waals surface area contributed by atoms with E-state index in [0.29, 0.717) is 53.4 Å². The van der Waals surface area contributed by atoms with Gasteiger partial charge in [0.1, 0.15) is 28.8 Å². The van der Waals surface area contributed by atoms with E-state index in [1.54, 1.807) is 37.4 Å². The van der Waals surface area contributed by atoms with Crippen LogP contribution in [0.25, 0.3) is 0 Å². The number of hydrogen-bond donors (Lipinski definition) is 4. The predicted octanol–water partition coefficient (Wildman–Crippen LogP) is 3.25. The zero-order valence-corrected chi connectivity index (χ0v) is 23.5. The van der Waals surface area contributed by atoms with Gasteiger partial charge in [0.15, 0.2) is 0 Å². The Balaban J connectivity index is 1.89. The van der Waals surface area contributed by atoms with Crippen LogP contribution in [0, 0.1) is 17.7 Å². The largest absolute Gasteiger partial charge is 0.500 e. The fourth-order valence-corrected chi connectivity index (χ4v) is 4.00. The number of anilines is 1. The maximum absolute atomic E-state index is 13.0. The molecule has 1 aromatic carbocycles. The van der Waals surface area contributed by atoms with E-state index in [0.717, 1.165) is 12.0 Å². The molecule has 1 atom stereocenters. The van der Waals surface area contributed by atoms with Gasteiger partial charge < -0.3 is 30.7 Å². The molecule has 2 aliphatic heterocycles. The molecule has 0 aliphatic carbocycles. The molecule has 3 rings (SSSR count). The van der Waals surface area contributed by atoms with Crippen LogP contribution in [0.4, 0.5) is 5.69 Å². The Kier molecular flexibility index (Phi) is 9.42. The molecular weight excluding hydrogens is 496 g/mol. The van der Waals surface area contributed by atoms with Crippen LogP contribution in [-0.2, 0) is 9.47 Å². The highest BCUT2D eigenvalue weighted by Crippen LogP contribution is 2.26. The van der Waals surface area contributed by atoms with E-state index in [1.807, 2.05) is 33.8 Å². The molecule has 0 aromatic heterocycles. The van der Waals surface area contributed by atoms with Crippen LogP contribution >= 0.6 is 0 Å². The number of rotatable bonds is 7. The molecule has 1 fully saturated rings. The number of guanidine groups is 1. The molecule has 2 aliphatic rings. The summed E-state index contributed by atoms with van der Waals surface area (Å²) in [7, 11) is 3.33. The molecule has 5 N–H and O–H groups in total. The first kappa shape index (κ1) is 29.3. The van der Waals surface area contributed by atoms with Gasteiger partial charge in [-0.25, -0.2) is 9.98 Å². The summed E-state index contributed by atoms with van der Waals surface area (Å²) < 4.78 is 10.8. The number of hydrogen-bond acceptors (Lipinski definition) is 10. The molecule has 0 radical (unpaired) electrons. The maximum atomic E-state index is 13.0. The smallest absolute Gasteiger partial charge is 0.256 e. The van der Waals surface area contributed by atoms with E-state index >= 15 is 0 Å². The monoisotopic (exact) mass is 534 g/mol. The highest BCUT2D eigenvalue weighted by molar-refractivity contribution is 6.41. The minimum absolute atomic E-state index is 0.0716. The van der Waals surface area contributed by atoms with Gasteiger partial charge >= 0.3 is 0 Å². The van der Waals surface area contributed by atoms with Crippen molar-refractivity contribution in [3.05, 3.63) is 65.5 Å². The van der Waals surface area contributed by atoms with Gasteiger partial charge in [-0.3, -0.25) is 15.2 Å². The molecule has 1 aromatic rings. The second-order valence-corrected chi connectivity index (χ2v) is 10.2. The number of nitrogens with two attached hydrogens (primary N) is 1. The lowest BCUT2D eigenvalue weighted by Crippen LogP contribution is -2.37. The van der Waals surface area contributed by atoms with E-state index < -0.39 is 5.91 Å². The summed E-state index contributed by atoms with van der Waals surface area (Å²) in [6.07, 6.45) is 5.36. The second-order valence-electron chi connectivity index (χ2n) is 10.2. The van der Waals surface area contributed by atoms with Crippen LogP contribution < -0.4 is 21.3 Å². The van der Waals surface area contributed by atoms with E-state index in [-0.39, 0.29) is 17.3 Å². The van der Waals surface area contributed by atoms with Gasteiger partial charge in [0.25, 0.3) is 5.91 Å². The fourth-order valence-electron chi connectivity index (χ4n) is 4.00. The minimum Gasteiger partial charge on any atom is -0.500 e. The van der Waals surface area contributed by atoms with Crippen LogP contribution in [0.5, 0.6) is 0 Å². The molecular formula is C28H38N8O3. The quantitative estimate of drug-likeness (QED) is 0.240. The molecule has 1 amide bonds. The Morgan fingerprint density at radius 2 is 2.13 bits per heavy atom. The summed E-state index contributed by atoms with van der Waals surface area (Å²) in [5.41, 5.74) is 9.13. The topological polar surface area (TPSA) is 150 Å². The summed E-state index contributed by atoms with van der Waals surface area (Å²) in [6, 6.07) is 5.36. The minimum atomic E-state index is -0.427. The molecule has 0 bridgehead atoms. The van der Waals surface area contributed by atoms with Crippen LogP contribution in [0.3, 0.4) is 0 Å². The van der Waals surface area contributed by atoms with Crippen molar-refractivity contribution in [2.45, 2.75) is 40.2 Å². The van der Waals surface area contributed by atoms with Crippen LogP contribution in [0.15, 0.2) is 69.3 Å². The number of carbonyl (C=O) groups is 1. The van der Waals surface area contributed by atoms with Crippen molar-refractivity contribution in [2.24, 2.45) is 26.1 Å². The van der Waals surface area contributed by atoms with Crippen molar-refractivity contribution >= 4 is 35.3 Å². The lowest BCUT2D eigenvalue weighted by Gasteiger charge is -2.25. The number of amidine groups is 1. The third kappa shape index (κ3) is 7.41. The van der Waals surface area contributed by atoms with Crippen molar-refractivity contribution in [3.63, 3.8) is 0 Å². The number of nitrogens with one attached hydrogen (secondary N) is 3. The van der Waals surface area contributed by atoms with Crippen molar-refractivity contribution < 1.29 is 14.3 Å². The van der Waals surface area contributed by atoms with Gasteiger partial charge in [0.05, 0.1) is 26.0 Å². The summed E-state index contributed by atoms with van der Waals surface area (Å²) in [4.78, 5) is 28.0. The van der Waals surface area contributed by atoms with Crippen LogP contribution in [0.1, 0.15) is 43.1 Å². The molecule has 1 saturated heterocycles. The van der Waals surface area contributed by atoms with Crippen molar-refractivity contribution in [1.29, 1.82) is 5.41 Å². The van der Waals surface area contributed by atoms with Crippen LogP contribution in [-0.4, -0.2) is 63.0 Å². The number of ether oxygens (including phenoxy) is 2. The Labute approximate surface area is 229 Å². The molecule has 11 heteroatoms. The van der Waals surface area contributed by atoms with E-state index in [2.05, 4.69) is 32.2 Å². The van der Waals surface area contributed by atoms with E-state index in [9.17, 15) is 4.79 Å². The van der Waals surface area contributed by atoms with E-state index in [4.69, 9.17) is 20.6 Å². The summed E-state index contributed by atoms with van der Waals surface area (Å²) in [5.74, 6) is 0.817. The first-order valence-corrected chi connectivity index (χ1v) is 12.6. The SMILES string of the molecule is C=C/N=C1/C=NC(NC2CCOC2)=N/C1=C(/N)N(C)c1cc(C(=O)NC(=N)/C=C(\OC)C(C)(C)C)ccc1C. The van der Waals surface area contributed by atoms with Gasteiger partial charge in [-0.05, 0) is 31.0 Å². The number of nitrogens with zero attached hydrogens (tertiary/aromatic N) is 4. The highest BCUT2D eigenvalue weighted by atomic mass is 16.5. The fraction of sp³-hybridized carbons (Fsp3) is 0.393. The van der Waals surface area contributed by atoms with Gasteiger partial charge in [-0.2, -0.15) is 0 Å². The molecule has 2 heterocycles. The lowest BCUT2D eigenvalue weighted by atomic mass is 9.93. The Morgan fingerprint density at radius 3 is 2.74 bits per heavy atom. The van der Waals surface area contributed by atoms with Crippen molar-refractivity contribution in [1.82, 2.24) is 10.6 Å². The van der Waals surface area contributed by atoms with Gasteiger partial charge in [-0.1, -0.05) is 33.4 Å². The van der Waals surface area contributed by atoms with Crippen molar-refractivity contribution in [3.8, 4) is 0 Å². The number of aliphatic imine (C=N–C) groups is 3. The number of benzene rings is 1. The Morgan fingerprint density at radius 1 is 1.38 bits per heavy atom.